The SMILES string of the molecule is C=CCN1C(=O)/C(=C/c2cn(-c3ccccc3)nc2-c2ccc(OC(C)C)cc2C)SC1=S. The van der Waals surface area contributed by atoms with Crippen molar-refractivity contribution < 1.29 is 9.53 Å². The van der Waals surface area contributed by atoms with Crippen LogP contribution in [0.3, 0.4) is 0 Å². The predicted octanol–water partition coefficient (Wildman–Crippen LogP) is 6.02. The standard InChI is InChI=1S/C26H25N3O2S2/c1-5-13-28-25(30)23(33-26(28)32)15-19-16-29(20-9-7-6-8-10-20)27-24(19)22-12-11-21(14-18(22)4)31-17(2)3/h5-12,14-17H,1,13H2,2-4H3/b23-15-. The van der Waals surface area contributed by atoms with E-state index in [1.54, 1.807) is 11.0 Å². The molecule has 1 amide bonds. The van der Waals surface area contributed by atoms with Gasteiger partial charge in [0.1, 0.15) is 15.8 Å². The van der Waals surface area contributed by atoms with Crippen molar-refractivity contribution in [3.63, 3.8) is 0 Å². The summed E-state index contributed by atoms with van der Waals surface area (Å²) in [4.78, 5) is 15.0. The number of thiocarbonyl (C=S) groups is 1. The second-order valence-corrected chi connectivity index (χ2v) is 9.61. The molecule has 4 rings (SSSR count). The average molecular weight is 476 g/mol. The Morgan fingerprint density at radius 3 is 2.64 bits per heavy atom. The van der Waals surface area contributed by atoms with Crippen molar-refractivity contribution in [3.8, 4) is 22.7 Å². The quantitative estimate of drug-likeness (QED) is 0.237. The molecule has 0 unspecified atom stereocenters. The normalized spacial score (nSPS) is 15.0. The number of amides is 1. The maximum atomic E-state index is 12.9. The summed E-state index contributed by atoms with van der Waals surface area (Å²) >= 11 is 6.70. The van der Waals surface area contributed by atoms with Gasteiger partial charge in [0.05, 0.1) is 16.7 Å². The van der Waals surface area contributed by atoms with E-state index in [2.05, 4.69) is 6.58 Å². The number of hydrogen-bond acceptors (Lipinski definition) is 5. The number of aromatic nitrogens is 2. The fourth-order valence-electron chi connectivity index (χ4n) is 3.59. The fourth-order valence-corrected chi connectivity index (χ4v) is 4.86. The number of benzene rings is 2. The summed E-state index contributed by atoms with van der Waals surface area (Å²) in [5, 5.41) is 4.89. The van der Waals surface area contributed by atoms with Gasteiger partial charge in [0.15, 0.2) is 0 Å². The molecule has 1 fully saturated rings. The van der Waals surface area contributed by atoms with E-state index < -0.39 is 0 Å². The topological polar surface area (TPSA) is 47.4 Å². The average Bonchev–Trinajstić information content (AvgIpc) is 3.31. The van der Waals surface area contributed by atoms with Crippen LogP contribution in [0.1, 0.15) is 25.0 Å². The zero-order valence-corrected chi connectivity index (χ0v) is 20.5. The number of para-hydroxylation sites is 1. The molecule has 2 aromatic carbocycles. The van der Waals surface area contributed by atoms with Crippen LogP contribution in [0.4, 0.5) is 0 Å². The maximum absolute atomic E-state index is 12.9. The Kier molecular flexibility index (Phi) is 6.81. The summed E-state index contributed by atoms with van der Waals surface area (Å²) in [7, 11) is 0. The summed E-state index contributed by atoms with van der Waals surface area (Å²) < 4.78 is 8.22. The minimum Gasteiger partial charge on any atom is -0.491 e. The van der Waals surface area contributed by atoms with Crippen molar-refractivity contribution in [2.45, 2.75) is 26.9 Å². The molecule has 0 saturated carbocycles. The van der Waals surface area contributed by atoms with Gasteiger partial charge in [-0.05, 0) is 62.7 Å². The first-order valence-electron chi connectivity index (χ1n) is 10.7. The summed E-state index contributed by atoms with van der Waals surface area (Å²) in [5.41, 5.74) is 4.60. The summed E-state index contributed by atoms with van der Waals surface area (Å²) in [5.74, 6) is 0.710. The second-order valence-electron chi connectivity index (χ2n) is 7.94. The zero-order valence-electron chi connectivity index (χ0n) is 18.8. The van der Waals surface area contributed by atoms with Crippen molar-refractivity contribution in [2.24, 2.45) is 0 Å². The molecule has 2 heterocycles. The van der Waals surface area contributed by atoms with Crippen LogP contribution in [0, 0.1) is 6.92 Å². The number of ether oxygens (including phenoxy) is 1. The molecule has 0 atom stereocenters. The molecule has 1 aliphatic heterocycles. The molecule has 0 spiro atoms. The van der Waals surface area contributed by atoms with E-state index in [-0.39, 0.29) is 12.0 Å². The van der Waals surface area contributed by atoms with Gasteiger partial charge in [-0.2, -0.15) is 5.10 Å². The number of carbonyl (C=O) groups is 1. The van der Waals surface area contributed by atoms with Crippen LogP contribution in [0.25, 0.3) is 23.0 Å². The molecule has 0 radical (unpaired) electrons. The molecule has 1 aliphatic rings. The fraction of sp³-hybridized carbons (Fsp3) is 0.192. The Bertz CT molecular complexity index is 1250. The van der Waals surface area contributed by atoms with E-state index >= 15 is 0 Å². The number of nitrogens with zero attached hydrogens (tertiary/aromatic N) is 3. The van der Waals surface area contributed by atoms with Crippen molar-refractivity contribution in [3.05, 3.63) is 83.4 Å². The first-order chi connectivity index (χ1) is 15.9. The molecule has 168 valence electrons. The molecular weight excluding hydrogens is 450 g/mol. The van der Waals surface area contributed by atoms with E-state index in [0.717, 1.165) is 33.8 Å². The number of hydrogen-bond donors (Lipinski definition) is 0. The molecule has 7 heteroatoms. The molecule has 1 saturated heterocycles. The highest BCUT2D eigenvalue weighted by Crippen LogP contribution is 2.36. The van der Waals surface area contributed by atoms with E-state index in [1.165, 1.54) is 11.8 Å². The smallest absolute Gasteiger partial charge is 0.266 e. The Labute approximate surface area is 203 Å². The highest BCUT2D eigenvalue weighted by atomic mass is 32.2. The van der Waals surface area contributed by atoms with E-state index in [0.29, 0.717) is 15.8 Å². The third-order valence-corrected chi connectivity index (χ3v) is 6.44. The second kappa shape index (κ2) is 9.77. The van der Waals surface area contributed by atoms with Crippen molar-refractivity contribution in [1.82, 2.24) is 14.7 Å². The van der Waals surface area contributed by atoms with Gasteiger partial charge >= 0.3 is 0 Å². The van der Waals surface area contributed by atoms with Crippen LogP contribution in [-0.4, -0.2) is 37.6 Å². The van der Waals surface area contributed by atoms with Crippen LogP contribution >= 0.6 is 24.0 Å². The largest absolute Gasteiger partial charge is 0.491 e. The van der Waals surface area contributed by atoms with Crippen LogP contribution in [0.2, 0.25) is 0 Å². The highest BCUT2D eigenvalue weighted by Gasteiger charge is 2.31. The van der Waals surface area contributed by atoms with Gasteiger partial charge in [-0.3, -0.25) is 9.69 Å². The predicted molar refractivity (Wildman–Crippen MR) is 140 cm³/mol. The number of aryl methyl sites for hydroxylation is 1. The van der Waals surface area contributed by atoms with E-state index in [1.807, 2.05) is 86.3 Å². The van der Waals surface area contributed by atoms with E-state index in [4.69, 9.17) is 22.1 Å². The van der Waals surface area contributed by atoms with Crippen LogP contribution in [-0.2, 0) is 4.79 Å². The van der Waals surface area contributed by atoms with Crippen LogP contribution in [0.5, 0.6) is 5.75 Å². The Morgan fingerprint density at radius 1 is 1.21 bits per heavy atom. The lowest BCUT2D eigenvalue weighted by molar-refractivity contribution is -0.121. The van der Waals surface area contributed by atoms with E-state index in [9.17, 15) is 4.79 Å². The molecule has 33 heavy (non-hydrogen) atoms. The first-order valence-corrected chi connectivity index (χ1v) is 11.9. The number of thioether (sulfide) groups is 1. The maximum Gasteiger partial charge on any atom is 0.266 e. The highest BCUT2D eigenvalue weighted by molar-refractivity contribution is 8.26. The van der Waals surface area contributed by atoms with Gasteiger partial charge in [0, 0.05) is 23.9 Å². The zero-order chi connectivity index (χ0) is 23.5. The molecule has 1 aromatic heterocycles. The molecule has 5 nitrogen and oxygen atoms in total. The van der Waals surface area contributed by atoms with Crippen molar-refractivity contribution in [2.75, 3.05) is 6.54 Å². The molecule has 0 bridgehead atoms. The molecule has 0 aliphatic carbocycles. The van der Waals surface area contributed by atoms with Gasteiger partial charge in [0.25, 0.3) is 5.91 Å². The lowest BCUT2D eigenvalue weighted by Gasteiger charge is -2.12. The van der Waals surface area contributed by atoms with Crippen LogP contribution in [0.15, 0.2) is 72.3 Å². The van der Waals surface area contributed by atoms with Gasteiger partial charge in [-0.1, -0.05) is 48.3 Å². The third kappa shape index (κ3) is 4.94. The minimum atomic E-state index is -0.110. The van der Waals surface area contributed by atoms with Crippen molar-refractivity contribution in [1.29, 1.82) is 0 Å². The minimum absolute atomic E-state index is 0.0978. The van der Waals surface area contributed by atoms with Gasteiger partial charge in [-0.25, -0.2) is 4.68 Å². The third-order valence-electron chi connectivity index (χ3n) is 5.06. The van der Waals surface area contributed by atoms with Gasteiger partial charge < -0.3 is 4.74 Å². The summed E-state index contributed by atoms with van der Waals surface area (Å²) in [6.07, 6.45) is 5.60. The summed E-state index contributed by atoms with van der Waals surface area (Å²) in [6, 6.07) is 15.9. The lowest BCUT2D eigenvalue weighted by atomic mass is 10.0. The van der Waals surface area contributed by atoms with Crippen molar-refractivity contribution >= 4 is 40.3 Å². The van der Waals surface area contributed by atoms with Crippen LogP contribution < -0.4 is 4.74 Å². The monoisotopic (exact) mass is 475 g/mol. The Balaban J connectivity index is 1.80. The molecule has 0 N–H and O–H groups in total. The Morgan fingerprint density at radius 2 is 1.97 bits per heavy atom. The molecular formula is C26H25N3O2S2. The number of rotatable bonds is 7. The summed E-state index contributed by atoms with van der Waals surface area (Å²) in [6.45, 7) is 10.2. The number of carbonyl (C=O) groups excluding carboxylic acids is 1. The Hall–Kier alpha value is -3.16. The van der Waals surface area contributed by atoms with Gasteiger partial charge in [0.2, 0.25) is 0 Å². The molecule has 3 aromatic rings. The van der Waals surface area contributed by atoms with Gasteiger partial charge in [-0.15, -0.1) is 6.58 Å². The first kappa shape index (κ1) is 23.0. The lowest BCUT2D eigenvalue weighted by Crippen LogP contribution is -2.27.